The monoisotopic (exact) mass is 243 g/mol. The second-order valence-electron chi connectivity index (χ2n) is 3.59. The molecule has 0 atom stereocenters. The first kappa shape index (κ1) is 13.2. The zero-order chi connectivity index (χ0) is 12.0. The highest BCUT2D eigenvalue weighted by atomic mass is 35.5. The number of methoxy groups -OCH3 is 1. The highest BCUT2D eigenvalue weighted by Crippen LogP contribution is 2.14. The third-order valence-corrected chi connectivity index (χ3v) is 2.44. The van der Waals surface area contributed by atoms with Crippen molar-refractivity contribution in [1.82, 2.24) is 9.97 Å². The molecular formula is C11H18ClN3O. The van der Waals surface area contributed by atoms with Crippen molar-refractivity contribution in [3.8, 4) is 0 Å². The Morgan fingerprint density at radius 2 is 2.12 bits per heavy atom. The number of nitrogens with zero attached hydrogens (tertiary/aromatic N) is 3. The molecule has 0 aliphatic rings. The molecule has 0 amide bonds. The van der Waals surface area contributed by atoms with E-state index in [4.69, 9.17) is 16.3 Å². The van der Waals surface area contributed by atoms with Crippen LogP contribution in [0.25, 0.3) is 0 Å². The van der Waals surface area contributed by atoms with Gasteiger partial charge in [-0.2, -0.15) is 0 Å². The first-order chi connectivity index (χ1) is 7.69. The standard InChI is InChI=1S/C11H18ClN3O/c1-9-8-13-10(2)11(14-9)15(5-4-12)6-7-16-3/h8H,4-7H2,1-3H3. The van der Waals surface area contributed by atoms with E-state index in [9.17, 15) is 0 Å². The van der Waals surface area contributed by atoms with Crippen LogP contribution in [-0.2, 0) is 4.74 Å². The molecule has 1 heterocycles. The summed E-state index contributed by atoms with van der Waals surface area (Å²) in [5.74, 6) is 1.47. The molecule has 0 aliphatic carbocycles. The predicted molar refractivity (Wildman–Crippen MR) is 66.3 cm³/mol. The molecule has 1 aromatic heterocycles. The van der Waals surface area contributed by atoms with Crippen LogP contribution in [0.1, 0.15) is 11.4 Å². The first-order valence-electron chi connectivity index (χ1n) is 5.29. The van der Waals surface area contributed by atoms with Crippen LogP contribution in [0.3, 0.4) is 0 Å². The van der Waals surface area contributed by atoms with E-state index in [1.165, 1.54) is 0 Å². The van der Waals surface area contributed by atoms with Crippen LogP contribution in [0, 0.1) is 13.8 Å². The molecule has 0 aromatic carbocycles. The van der Waals surface area contributed by atoms with Crippen molar-refractivity contribution >= 4 is 17.4 Å². The van der Waals surface area contributed by atoms with Crippen LogP contribution < -0.4 is 4.90 Å². The average Bonchev–Trinajstić information content (AvgIpc) is 2.28. The normalized spacial score (nSPS) is 10.5. The summed E-state index contributed by atoms with van der Waals surface area (Å²) in [4.78, 5) is 10.9. The van der Waals surface area contributed by atoms with Gasteiger partial charge in [0.2, 0.25) is 0 Å². The highest BCUT2D eigenvalue weighted by Gasteiger charge is 2.11. The summed E-state index contributed by atoms with van der Waals surface area (Å²) >= 11 is 5.79. The van der Waals surface area contributed by atoms with Gasteiger partial charge in [-0.1, -0.05) is 0 Å². The Bertz CT molecular complexity index is 333. The van der Waals surface area contributed by atoms with Crippen LogP contribution in [0.15, 0.2) is 6.20 Å². The SMILES string of the molecule is COCCN(CCCl)c1nc(C)cnc1C. The van der Waals surface area contributed by atoms with E-state index in [1.807, 2.05) is 13.8 Å². The summed E-state index contributed by atoms with van der Waals surface area (Å²) in [7, 11) is 1.69. The quantitative estimate of drug-likeness (QED) is 0.714. The largest absolute Gasteiger partial charge is 0.383 e. The molecule has 5 heteroatoms. The van der Waals surface area contributed by atoms with Crippen molar-refractivity contribution in [3.05, 3.63) is 17.6 Å². The summed E-state index contributed by atoms with van der Waals surface area (Å²) in [6.07, 6.45) is 1.77. The number of hydrogen-bond acceptors (Lipinski definition) is 4. The number of aryl methyl sites for hydroxylation is 2. The first-order valence-corrected chi connectivity index (χ1v) is 5.82. The van der Waals surface area contributed by atoms with E-state index >= 15 is 0 Å². The Morgan fingerprint density at radius 3 is 2.75 bits per heavy atom. The molecule has 0 saturated heterocycles. The van der Waals surface area contributed by atoms with E-state index < -0.39 is 0 Å². The van der Waals surface area contributed by atoms with Gasteiger partial charge in [0.05, 0.1) is 18.0 Å². The number of hydrogen-bond donors (Lipinski definition) is 0. The molecule has 0 fully saturated rings. The van der Waals surface area contributed by atoms with Crippen LogP contribution in [-0.4, -0.2) is 42.7 Å². The molecule has 0 saturated carbocycles. The Labute approximate surface area is 102 Å². The molecule has 16 heavy (non-hydrogen) atoms. The van der Waals surface area contributed by atoms with E-state index in [2.05, 4.69) is 14.9 Å². The zero-order valence-electron chi connectivity index (χ0n) is 10.0. The topological polar surface area (TPSA) is 38.2 Å². The third-order valence-electron chi connectivity index (χ3n) is 2.27. The van der Waals surface area contributed by atoms with E-state index in [1.54, 1.807) is 13.3 Å². The fourth-order valence-corrected chi connectivity index (χ4v) is 1.66. The van der Waals surface area contributed by atoms with Crippen LogP contribution in [0.4, 0.5) is 5.82 Å². The third kappa shape index (κ3) is 3.61. The zero-order valence-corrected chi connectivity index (χ0v) is 10.8. The lowest BCUT2D eigenvalue weighted by Crippen LogP contribution is -2.31. The fourth-order valence-electron chi connectivity index (χ4n) is 1.45. The van der Waals surface area contributed by atoms with Crippen molar-refractivity contribution < 1.29 is 4.74 Å². The minimum absolute atomic E-state index is 0.568. The second kappa shape index (κ2) is 6.66. The number of ether oxygens (including phenoxy) is 1. The van der Waals surface area contributed by atoms with Crippen LogP contribution in [0.2, 0.25) is 0 Å². The van der Waals surface area contributed by atoms with Crippen LogP contribution in [0.5, 0.6) is 0 Å². The van der Waals surface area contributed by atoms with Gasteiger partial charge in [0.1, 0.15) is 5.82 Å². The molecule has 1 aromatic rings. The molecule has 0 unspecified atom stereocenters. The summed E-state index contributed by atoms with van der Waals surface area (Å²) in [5.41, 5.74) is 1.84. The van der Waals surface area contributed by atoms with Crippen molar-refractivity contribution in [1.29, 1.82) is 0 Å². The number of aromatic nitrogens is 2. The van der Waals surface area contributed by atoms with Gasteiger partial charge in [-0.05, 0) is 13.8 Å². The molecule has 0 N–H and O–H groups in total. The lowest BCUT2D eigenvalue weighted by atomic mass is 10.3. The maximum absolute atomic E-state index is 5.79. The summed E-state index contributed by atoms with van der Waals surface area (Å²) < 4.78 is 5.08. The molecule has 0 aliphatic heterocycles. The van der Waals surface area contributed by atoms with Gasteiger partial charge in [-0.25, -0.2) is 4.98 Å². The van der Waals surface area contributed by atoms with Gasteiger partial charge in [0.25, 0.3) is 0 Å². The maximum Gasteiger partial charge on any atom is 0.150 e. The van der Waals surface area contributed by atoms with Gasteiger partial charge in [-0.3, -0.25) is 4.98 Å². The second-order valence-corrected chi connectivity index (χ2v) is 3.97. The van der Waals surface area contributed by atoms with Gasteiger partial charge in [0, 0.05) is 32.3 Å². The highest BCUT2D eigenvalue weighted by molar-refractivity contribution is 6.18. The van der Waals surface area contributed by atoms with Crippen molar-refractivity contribution in [2.45, 2.75) is 13.8 Å². The van der Waals surface area contributed by atoms with Gasteiger partial charge >= 0.3 is 0 Å². The van der Waals surface area contributed by atoms with Crippen LogP contribution >= 0.6 is 11.6 Å². The van der Waals surface area contributed by atoms with Crippen molar-refractivity contribution in [2.24, 2.45) is 0 Å². The summed E-state index contributed by atoms with van der Waals surface area (Å²) in [5, 5.41) is 0. The Kier molecular flexibility index (Phi) is 5.49. The van der Waals surface area contributed by atoms with Gasteiger partial charge in [-0.15, -0.1) is 11.6 Å². The molecule has 1 rings (SSSR count). The van der Waals surface area contributed by atoms with E-state index in [0.717, 1.165) is 30.3 Å². The maximum atomic E-state index is 5.79. The smallest absolute Gasteiger partial charge is 0.150 e. The van der Waals surface area contributed by atoms with E-state index in [-0.39, 0.29) is 0 Å². The van der Waals surface area contributed by atoms with E-state index in [0.29, 0.717) is 12.5 Å². The predicted octanol–water partition coefficient (Wildman–Crippen LogP) is 1.79. The fraction of sp³-hybridized carbons (Fsp3) is 0.636. The summed E-state index contributed by atoms with van der Waals surface area (Å²) in [6.45, 7) is 6.08. The Hall–Kier alpha value is -0.870. The number of alkyl halides is 1. The number of rotatable bonds is 6. The number of halogens is 1. The molecule has 0 bridgehead atoms. The Balaban J connectivity index is 2.85. The lowest BCUT2D eigenvalue weighted by molar-refractivity contribution is 0.205. The van der Waals surface area contributed by atoms with Gasteiger partial charge < -0.3 is 9.64 Å². The molecule has 90 valence electrons. The van der Waals surface area contributed by atoms with Gasteiger partial charge in [0.15, 0.2) is 0 Å². The van der Waals surface area contributed by atoms with Crippen molar-refractivity contribution in [2.75, 3.05) is 37.6 Å². The average molecular weight is 244 g/mol. The summed E-state index contributed by atoms with van der Waals surface area (Å²) in [6, 6.07) is 0. The number of anilines is 1. The molecular weight excluding hydrogens is 226 g/mol. The molecule has 0 radical (unpaired) electrons. The van der Waals surface area contributed by atoms with Crippen molar-refractivity contribution in [3.63, 3.8) is 0 Å². The molecule has 0 spiro atoms. The minimum Gasteiger partial charge on any atom is -0.383 e. The molecule has 4 nitrogen and oxygen atoms in total. The lowest BCUT2D eigenvalue weighted by Gasteiger charge is -2.23. The minimum atomic E-state index is 0.568. The Morgan fingerprint density at radius 1 is 1.38 bits per heavy atom.